The number of carbonyl (C=O) groups is 1. The lowest BCUT2D eigenvalue weighted by atomic mass is 9.34. The quantitative estimate of drug-likeness (QED) is 0.442. The first-order valence-corrected chi connectivity index (χ1v) is 12.6. The van der Waals surface area contributed by atoms with Crippen LogP contribution in [0.15, 0.2) is 11.6 Å². The number of esters is 1. The van der Waals surface area contributed by atoms with E-state index in [0.29, 0.717) is 23.9 Å². The number of rotatable bonds is 1. The third-order valence-corrected chi connectivity index (χ3v) is 11.2. The average molecular weight is 431 g/mol. The van der Waals surface area contributed by atoms with Crippen LogP contribution < -0.4 is 0 Å². The SMILES string of the molecule is CC(=O)O[C@H]1CC2[C@](C)(CCC3C(C)(C)CCC[C@]32C)C2CC=C3CO[C@H](O)[C@H]3[C@@]21C. The zero-order valence-electron chi connectivity index (χ0n) is 20.4. The maximum Gasteiger partial charge on any atom is 0.302 e. The van der Waals surface area contributed by atoms with Gasteiger partial charge in [-0.25, -0.2) is 0 Å². The second-order valence-corrected chi connectivity index (χ2v) is 12.9. The van der Waals surface area contributed by atoms with Crippen molar-refractivity contribution in [2.24, 2.45) is 45.3 Å². The van der Waals surface area contributed by atoms with Gasteiger partial charge in [0.05, 0.1) is 6.61 Å². The molecule has 0 radical (unpaired) electrons. The molecule has 4 fully saturated rings. The lowest BCUT2D eigenvalue weighted by molar-refractivity contribution is -0.253. The molecule has 174 valence electrons. The van der Waals surface area contributed by atoms with Gasteiger partial charge < -0.3 is 14.6 Å². The molecule has 3 unspecified atom stereocenters. The number of hydrogen-bond donors (Lipinski definition) is 1. The molecule has 3 saturated carbocycles. The van der Waals surface area contributed by atoms with E-state index in [4.69, 9.17) is 9.47 Å². The Kier molecular flexibility index (Phi) is 4.83. The van der Waals surface area contributed by atoms with E-state index in [2.05, 4.69) is 40.7 Å². The first kappa shape index (κ1) is 21.9. The molecule has 0 aromatic carbocycles. The Morgan fingerprint density at radius 2 is 1.77 bits per heavy atom. The standard InChI is InChI=1S/C27H42O4/c1-16(28)31-21-14-20-25(4)12-7-11-24(2,3)18(25)10-13-26(20,5)19-9-8-17-15-30-23(29)22(17)27(19,21)6/h8,18-23,29H,7,9-15H2,1-6H3/t18?,19?,20?,21-,22-,23-,25+,26+,27-/m0/s1. The van der Waals surface area contributed by atoms with Gasteiger partial charge in [0.1, 0.15) is 6.10 Å². The predicted octanol–water partition coefficient (Wildman–Crippen LogP) is 5.49. The van der Waals surface area contributed by atoms with Crippen molar-refractivity contribution in [3.63, 3.8) is 0 Å². The average Bonchev–Trinajstić information content (AvgIpc) is 3.04. The number of fused-ring (bicyclic) bond motifs is 7. The van der Waals surface area contributed by atoms with Crippen molar-refractivity contribution < 1.29 is 19.4 Å². The van der Waals surface area contributed by atoms with Crippen LogP contribution in [0.2, 0.25) is 0 Å². The van der Waals surface area contributed by atoms with Gasteiger partial charge >= 0.3 is 5.97 Å². The lowest BCUT2D eigenvalue weighted by Crippen LogP contribution is -2.67. The molecule has 5 rings (SSSR count). The molecular formula is C27H42O4. The van der Waals surface area contributed by atoms with Crippen LogP contribution in [0, 0.1) is 45.3 Å². The van der Waals surface area contributed by atoms with Crippen LogP contribution in [0.3, 0.4) is 0 Å². The summed E-state index contributed by atoms with van der Waals surface area (Å²) in [4.78, 5) is 12.3. The van der Waals surface area contributed by atoms with Crippen LogP contribution in [-0.4, -0.2) is 30.1 Å². The summed E-state index contributed by atoms with van der Waals surface area (Å²) in [5.74, 6) is 1.39. The van der Waals surface area contributed by atoms with Crippen molar-refractivity contribution in [2.45, 2.75) is 98.9 Å². The molecule has 4 heteroatoms. The normalized spacial score (nSPS) is 52.8. The number of hydrogen-bond acceptors (Lipinski definition) is 4. The zero-order valence-corrected chi connectivity index (χ0v) is 20.4. The fourth-order valence-electron chi connectivity index (χ4n) is 10.1. The molecule has 5 aliphatic rings. The van der Waals surface area contributed by atoms with Crippen LogP contribution in [0.1, 0.15) is 86.5 Å². The molecule has 0 aromatic heterocycles. The van der Waals surface area contributed by atoms with Gasteiger partial charge in [-0.05, 0) is 78.1 Å². The van der Waals surface area contributed by atoms with E-state index in [1.165, 1.54) is 37.7 Å². The molecule has 9 atom stereocenters. The summed E-state index contributed by atoms with van der Waals surface area (Å²) in [5, 5.41) is 10.9. The van der Waals surface area contributed by atoms with Crippen LogP contribution in [0.5, 0.6) is 0 Å². The first-order valence-electron chi connectivity index (χ1n) is 12.6. The summed E-state index contributed by atoms with van der Waals surface area (Å²) in [6, 6.07) is 0. The Balaban J connectivity index is 1.62. The van der Waals surface area contributed by atoms with E-state index < -0.39 is 6.29 Å². The largest absolute Gasteiger partial charge is 0.462 e. The van der Waals surface area contributed by atoms with E-state index in [0.717, 1.165) is 18.8 Å². The van der Waals surface area contributed by atoms with E-state index in [1.807, 2.05) is 0 Å². The number of aliphatic hydroxyl groups is 1. The smallest absolute Gasteiger partial charge is 0.302 e. The van der Waals surface area contributed by atoms with Crippen molar-refractivity contribution in [3.05, 3.63) is 11.6 Å². The van der Waals surface area contributed by atoms with Crippen molar-refractivity contribution in [3.8, 4) is 0 Å². The molecular weight excluding hydrogens is 388 g/mol. The van der Waals surface area contributed by atoms with Crippen molar-refractivity contribution >= 4 is 5.97 Å². The summed E-state index contributed by atoms with van der Waals surface area (Å²) in [6.45, 7) is 14.4. The highest BCUT2D eigenvalue weighted by molar-refractivity contribution is 5.66. The zero-order chi connectivity index (χ0) is 22.4. The second-order valence-electron chi connectivity index (χ2n) is 12.9. The third-order valence-electron chi connectivity index (χ3n) is 11.2. The summed E-state index contributed by atoms with van der Waals surface area (Å²) < 4.78 is 11.9. The maximum atomic E-state index is 12.3. The third kappa shape index (κ3) is 2.82. The van der Waals surface area contributed by atoms with Crippen LogP contribution >= 0.6 is 0 Å². The van der Waals surface area contributed by atoms with Crippen LogP contribution in [0.25, 0.3) is 0 Å². The molecule has 31 heavy (non-hydrogen) atoms. The number of ether oxygens (including phenoxy) is 2. The van der Waals surface area contributed by atoms with Crippen molar-refractivity contribution in [2.75, 3.05) is 6.61 Å². The number of allylic oxidation sites excluding steroid dienone is 1. The second kappa shape index (κ2) is 6.82. The molecule has 0 amide bonds. The van der Waals surface area contributed by atoms with E-state index in [9.17, 15) is 9.90 Å². The highest BCUT2D eigenvalue weighted by atomic mass is 16.6. The molecule has 1 heterocycles. The van der Waals surface area contributed by atoms with Gasteiger partial charge in [-0.2, -0.15) is 0 Å². The van der Waals surface area contributed by atoms with Gasteiger partial charge in [-0.15, -0.1) is 0 Å². The van der Waals surface area contributed by atoms with Gasteiger partial charge in [-0.3, -0.25) is 4.79 Å². The fourth-order valence-corrected chi connectivity index (χ4v) is 10.1. The van der Waals surface area contributed by atoms with Crippen LogP contribution in [-0.2, 0) is 14.3 Å². The van der Waals surface area contributed by atoms with Gasteiger partial charge in [0, 0.05) is 18.3 Å². The van der Waals surface area contributed by atoms with Gasteiger partial charge in [0.15, 0.2) is 6.29 Å². The van der Waals surface area contributed by atoms with Gasteiger partial charge in [0.25, 0.3) is 0 Å². The number of carbonyl (C=O) groups excluding carboxylic acids is 1. The lowest BCUT2D eigenvalue weighted by Gasteiger charge is -2.70. The molecule has 0 spiro atoms. The van der Waals surface area contributed by atoms with E-state index >= 15 is 0 Å². The molecule has 1 N–H and O–H groups in total. The topological polar surface area (TPSA) is 55.8 Å². The summed E-state index contributed by atoms with van der Waals surface area (Å²) in [6.07, 6.45) is 9.75. The minimum absolute atomic E-state index is 0.0679. The summed E-state index contributed by atoms with van der Waals surface area (Å²) in [5.41, 5.74) is 1.77. The van der Waals surface area contributed by atoms with E-state index in [1.54, 1.807) is 6.92 Å². The number of aliphatic hydroxyl groups excluding tert-OH is 1. The predicted molar refractivity (Wildman–Crippen MR) is 120 cm³/mol. The summed E-state index contributed by atoms with van der Waals surface area (Å²) >= 11 is 0. The Morgan fingerprint density at radius 1 is 1.06 bits per heavy atom. The molecule has 4 nitrogen and oxygen atoms in total. The molecule has 0 aromatic rings. The molecule has 0 bridgehead atoms. The Bertz CT molecular complexity index is 801. The highest BCUT2D eigenvalue weighted by Crippen LogP contribution is 2.73. The minimum atomic E-state index is -0.794. The van der Waals surface area contributed by atoms with Crippen molar-refractivity contribution in [1.82, 2.24) is 0 Å². The Labute approximate surface area is 188 Å². The Morgan fingerprint density at radius 3 is 2.48 bits per heavy atom. The van der Waals surface area contributed by atoms with Crippen molar-refractivity contribution in [1.29, 1.82) is 0 Å². The Hall–Kier alpha value is -0.870. The summed E-state index contributed by atoms with van der Waals surface area (Å²) in [7, 11) is 0. The molecule has 4 aliphatic carbocycles. The minimum Gasteiger partial charge on any atom is -0.462 e. The van der Waals surface area contributed by atoms with Gasteiger partial charge in [0.2, 0.25) is 0 Å². The monoisotopic (exact) mass is 430 g/mol. The van der Waals surface area contributed by atoms with E-state index in [-0.39, 0.29) is 34.2 Å². The molecule has 1 aliphatic heterocycles. The van der Waals surface area contributed by atoms with Gasteiger partial charge in [-0.1, -0.05) is 47.1 Å². The highest BCUT2D eigenvalue weighted by Gasteiger charge is 2.70. The van der Waals surface area contributed by atoms with Crippen LogP contribution in [0.4, 0.5) is 0 Å². The molecule has 1 saturated heterocycles. The first-order chi connectivity index (χ1) is 14.4. The maximum absolute atomic E-state index is 12.3. The fraction of sp³-hybridized carbons (Fsp3) is 0.889.